The molecule has 1 aromatic carbocycles. The van der Waals surface area contributed by atoms with Gasteiger partial charge in [-0.25, -0.2) is 26.4 Å². The summed E-state index contributed by atoms with van der Waals surface area (Å²) >= 11 is 0. The number of amides is 2. The van der Waals surface area contributed by atoms with Crippen molar-refractivity contribution >= 4 is 16.1 Å². The summed E-state index contributed by atoms with van der Waals surface area (Å²) in [5.41, 5.74) is 5.13. The summed E-state index contributed by atoms with van der Waals surface area (Å²) in [5, 5.41) is 0. The van der Waals surface area contributed by atoms with E-state index in [1.807, 2.05) is 0 Å². The summed E-state index contributed by atoms with van der Waals surface area (Å²) in [6, 6.07) is -0.176. The maximum Gasteiger partial charge on any atom is 0.314 e. The molecule has 1 fully saturated rings. The molecule has 1 heterocycles. The van der Waals surface area contributed by atoms with Crippen molar-refractivity contribution in [2.45, 2.75) is 11.3 Å². The fraction of sp³-hybridized carbons (Fsp3) is 0.417. The molecule has 0 spiro atoms. The van der Waals surface area contributed by atoms with Crippen LogP contribution in [-0.4, -0.2) is 49.8 Å². The normalized spacial score (nSPS) is 17.3. The molecular formula is C12H14F3N3O3S. The number of halogens is 3. The highest BCUT2D eigenvalue weighted by molar-refractivity contribution is 7.89. The van der Waals surface area contributed by atoms with Crippen molar-refractivity contribution in [2.24, 2.45) is 5.73 Å². The summed E-state index contributed by atoms with van der Waals surface area (Å²) in [4.78, 5) is 11.4. The SMILES string of the molecule is NC(=O)N1CCCN(S(=O)(=O)c2cc(F)c(F)cc2F)CC1. The monoisotopic (exact) mass is 337 g/mol. The fourth-order valence-electron chi connectivity index (χ4n) is 2.20. The molecule has 1 aliphatic rings. The summed E-state index contributed by atoms with van der Waals surface area (Å²) < 4.78 is 65.5. The van der Waals surface area contributed by atoms with Crippen LogP contribution in [0, 0.1) is 17.5 Å². The molecule has 2 amide bonds. The van der Waals surface area contributed by atoms with Crippen molar-refractivity contribution in [1.82, 2.24) is 9.21 Å². The molecule has 0 aliphatic carbocycles. The number of nitrogens with zero attached hydrogens (tertiary/aromatic N) is 2. The molecule has 0 aromatic heterocycles. The van der Waals surface area contributed by atoms with Gasteiger partial charge in [-0.2, -0.15) is 4.31 Å². The molecule has 22 heavy (non-hydrogen) atoms. The molecule has 0 unspecified atom stereocenters. The number of carbonyl (C=O) groups is 1. The van der Waals surface area contributed by atoms with Crippen LogP contribution >= 0.6 is 0 Å². The number of hydrogen-bond acceptors (Lipinski definition) is 3. The van der Waals surface area contributed by atoms with Crippen LogP contribution in [0.3, 0.4) is 0 Å². The summed E-state index contributed by atoms with van der Waals surface area (Å²) in [6.07, 6.45) is 0.299. The predicted octanol–water partition coefficient (Wildman–Crippen LogP) is 0.879. The average Bonchev–Trinajstić information content (AvgIpc) is 2.69. The minimum atomic E-state index is -4.33. The highest BCUT2D eigenvalue weighted by atomic mass is 32.2. The van der Waals surface area contributed by atoms with E-state index in [-0.39, 0.29) is 32.2 Å². The van der Waals surface area contributed by atoms with E-state index in [0.717, 1.165) is 4.31 Å². The lowest BCUT2D eigenvalue weighted by molar-refractivity contribution is 0.210. The van der Waals surface area contributed by atoms with Gasteiger partial charge in [0.2, 0.25) is 10.0 Å². The largest absolute Gasteiger partial charge is 0.351 e. The van der Waals surface area contributed by atoms with Crippen LogP contribution in [0.15, 0.2) is 17.0 Å². The smallest absolute Gasteiger partial charge is 0.314 e. The fourth-order valence-corrected chi connectivity index (χ4v) is 3.72. The van der Waals surface area contributed by atoms with E-state index in [1.165, 1.54) is 4.90 Å². The molecule has 0 atom stereocenters. The quantitative estimate of drug-likeness (QED) is 0.813. The van der Waals surface area contributed by atoms with E-state index in [4.69, 9.17) is 5.73 Å². The van der Waals surface area contributed by atoms with Crippen molar-refractivity contribution in [3.05, 3.63) is 29.6 Å². The number of hydrogen-bond donors (Lipinski definition) is 1. The van der Waals surface area contributed by atoms with Gasteiger partial charge >= 0.3 is 6.03 Å². The molecule has 2 rings (SSSR count). The number of benzene rings is 1. The molecule has 2 N–H and O–H groups in total. The number of rotatable bonds is 2. The standard InChI is InChI=1S/C12H14F3N3O3S/c13-8-6-10(15)11(7-9(8)14)22(20,21)18-3-1-2-17(4-5-18)12(16)19/h6-7H,1-5H2,(H2,16,19). The molecule has 10 heteroatoms. The van der Waals surface area contributed by atoms with Crippen LogP contribution in [0.2, 0.25) is 0 Å². The topological polar surface area (TPSA) is 83.7 Å². The first-order valence-electron chi connectivity index (χ1n) is 6.42. The van der Waals surface area contributed by atoms with Crippen LogP contribution < -0.4 is 5.73 Å². The van der Waals surface area contributed by atoms with E-state index < -0.39 is 38.4 Å². The Kier molecular flexibility index (Phi) is 4.61. The number of nitrogens with two attached hydrogens (primary N) is 1. The van der Waals surface area contributed by atoms with Gasteiger partial charge in [0.15, 0.2) is 11.6 Å². The molecule has 0 radical (unpaired) electrons. The Labute approximate surface area is 125 Å². The molecule has 1 saturated heterocycles. The van der Waals surface area contributed by atoms with Crippen LogP contribution in [-0.2, 0) is 10.0 Å². The van der Waals surface area contributed by atoms with E-state index in [9.17, 15) is 26.4 Å². The number of carbonyl (C=O) groups excluding carboxylic acids is 1. The predicted molar refractivity (Wildman–Crippen MR) is 70.8 cm³/mol. The lowest BCUT2D eigenvalue weighted by Crippen LogP contribution is -2.39. The first kappa shape index (κ1) is 16.6. The first-order valence-corrected chi connectivity index (χ1v) is 7.86. The lowest BCUT2D eigenvalue weighted by Gasteiger charge is -2.21. The lowest BCUT2D eigenvalue weighted by atomic mass is 10.3. The maximum atomic E-state index is 13.7. The van der Waals surface area contributed by atoms with Crippen molar-refractivity contribution in [2.75, 3.05) is 26.2 Å². The van der Waals surface area contributed by atoms with Gasteiger partial charge in [-0.15, -0.1) is 0 Å². The van der Waals surface area contributed by atoms with Gasteiger partial charge in [0.05, 0.1) is 0 Å². The third-order valence-corrected chi connectivity index (χ3v) is 5.27. The molecule has 0 saturated carbocycles. The van der Waals surface area contributed by atoms with Crippen molar-refractivity contribution in [3.8, 4) is 0 Å². The second kappa shape index (κ2) is 6.13. The zero-order chi connectivity index (χ0) is 16.5. The van der Waals surface area contributed by atoms with Crippen LogP contribution in [0.25, 0.3) is 0 Å². The highest BCUT2D eigenvalue weighted by Crippen LogP contribution is 2.23. The molecular weight excluding hydrogens is 323 g/mol. The first-order chi connectivity index (χ1) is 10.2. The Morgan fingerprint density at radius 3 is 2.27 bits per heavy atom. The number of sulfonamides is 1. The average molecular weight is 337 g/mol. The van der Waals surface area contributed by atoms with Gasteiger partial charge in [-0.05, 0) is 12.5 Å². The zero-order valence-electron chi connectivity index (χ0n) is 11.4. The Balaban J connectivity index is 2.31. The molecule has 122 valence electrons. The van der Waals surface area contributed by atoms with Crippen molar-refractivity contribution in [1.29, 1.82) is 0 Å². The molecule has 1 aliphatic heterocycles. The van der Waals surface area contributed by atoms with E-state index in [1.54, 1.807) is 0 Å². The maximum absolute atomic E-state index is 13.7. The highest BCUT2D eigenvalue weighted by Gasteiger charge is 2.31. The Morgan fingerprint density at radius 1 is 1.00 bits per heavy atom. The van der Waals surface area contributed by atoms with Gasteiger partial charge in [0.25, 0.3) is 0 Å². The van der Waals surface area contributed by atoms with E-state index in [2.05, 4.69) is 0 Å². The second-order valence-corrected chi connectivity index (χ2v) is 6.69. The van der Waals surface area contributed by atoms with Crippen LogP contribution in [0.4, 0.5) is 18.0 Å². The van der Waals surface area contributed by atoms with Gasteiger partial charge in [-0.3, -0.25) is 0 Å². The number of primary amides is 1. The molecule has 6 nitrogen and oxygen atoms in total. The Bertz CT molecular complexity index is 696. The Morgan fingerprint density at radius 2 is 1.64 bits per heavy atom. The van der Waals surface area contributed by atoms with E-state index >= 15 is 0 Å². The Hall–Kier alpha value is -1.81. The summed E-state index contributed by atoms with van der Waals surface area (Å²) in [5.74, 6) is -4.28. The van der Waals surface area contributed by atoms with E-state index in [0.29, 0.717) is 12.5 Å². The van der Waals surface area contributed by atoms with Crippen LogP contribution in [0.1, 0.15) is 6.42 Å². The number of urea groups is 1. The van der Waals surface area contributed by atoms with Crippen molar-refractivity contribution < 1.29 is 26.4 Å². The second-order valence-electron chi connectivity index (χ2n) is 4.78. The minimum absolute atomic E-state index is 0.0184. The molecule has 0 bridgehead atoms. The van der Waals surface area contributed by atoms with Gasteiger partial charge in [-0.1, -0.05) is 0 Å². The van der Waals surface area contributed by atoms with Crippen LogP contribution in [0.5, 0.6) is 0 Å². The third-order valence-electron chi connectivity index (χ3n) is 3.36. The van der Waals surface area contributed by atoms with Gasteiger partial charge in [0.1, 0.15) is 10.7 Å². The minimum Gasteiger partial charge on any atom is -0.351 e. The van der Waals surface area contributed by atoms with Gasteiger partial charge in [0, 0.05) is 32.2 Å². The van der Waals surface area contributed by atoms with Gasteiger partial charge < -0.3 is 10.6 Å². The summed E-state index contributed by atoms with van der Waals surface area (Å²) in [7, 11) is -4.33. The molecule has 1 aromatic rings. The van der Waals surface area contributed by atoms with Crippen molar-refractivity contribution in [3.63, 3.8) is 0 Å². The zero-order valence-corrected chi connectivity index (χ0v) is 12.2. The summed E-state index contributed by atoms with van der Waals surface area (Å²) in [6.45, 7) is 0.218. The third kappa shape index (κ3) is 3.17.